The van der Waals surface area contributed by atoms with E-state index in [-0.39, 0.29) is 5.91 Å². The fourth-order valence-corrected chi connectivity index (χ4v) is 3.31. The van der Waals surface area contributed by atoms with Crippen molar-refractivity contribution in [2.45, 2.75) is 32.2 Å². The number of likely N-dealkylation sites (tertiary alicyclic amines) is 1. The molecule has 1 aromatic heterocycles. The summed E-state index contributed by atoms with van der Waals surface area (Å²) >= 11 is 0. The van der Waals surface area contributed by atoms with Gasteiger partial charge >= 0.3 is 0 Å². The second-order valence-electron chi connectivity index (χ2n) is 7.10. The van der Waals surface area contributed by atoms with E-state index in [9.17, 15) is 4.79 Å². The molecule has 2 aromatic rings. The van der Waals surface area contributed by atoms with Crippen molar-refractivity contribution in [2.75, 3.05) is 33.8 Å². The van der Waals surface area contributed by atoms with E-state index in [4.69, 9.17) is 4.74 Å². The van der Waals surface area contributed by atoms with E-state index in [0.29, 0.717) is 11.6 Å². The van der Waals surface area contributed by atoms with Crippen LogP contribution in [-0.2, 0) is 0 Å². The van der Waals surface area contributed by atoms with Gasteiger partial charge in [0.2, 0.25) is 0 Å². The number of amides is 1. The molecule has 0 bridgehead atoms. The van der Waals surface area contributed by atoms with Crippen LogP contribution in [0.4, 0.5) is 0 Å². The maximum Gasteiger partial charge on any atom is 0.256 e. The summed E-state index contributed by atoms with van der Waals surface area (Å²) in [7, 11) is 3.46. The van der Waals surface area contributed by atoms with Gasteiger partial charge in [0.1, 0.15) is 5.75 Å². The first-order valence-corrected chi connectivity index (χ1v) is 9.28. The van der Waals surface area contributed by atoms with E-state index < -0.39 is 0 Å². The lowest BCUT2D eigenvalue weighted by Gasteiger charge is -2.20. The fourth-order valence-electron chi connectivity index (χ4n) is 3.31. The van der Waals surface area contributed by atoms with Gasteiger partial charge in [0.15, 0.2) is 0 Å². The molecule has 0 spiro atoms. The Morgan fingerprint density at radius 3 is 2.73 bits per heavy atom. The van der Waals surface area contributed by atoms with Crippen LogP contribution in [0.5, 0.6) is 5.75 Å². The Labute approximate surface area is 155 Å². The van der Waals surface area contributed by atoms with E-state index >= 15 is 0 Å². The molecule has 1 saturated heterocycles. The van der Waals surface area contributed by atoms with Gasteiger partial charge in [0.25, 0.3) is 5.91 Å². The van der Waals surface area contributed by atoms with E-state index in [2.05, 4.69) is 16.9 Å². The Hall–Kier alpha value is -2.34. The highest BCUT2D eigenvalue weighted by atomic mass is 16.5. The molecule has 26 heavy (non-hydrogen) atoms. The van der Waals surface area contributed by atoms with Crippen LogP contribution in [-0.4, -0.2) is 65.3 Å². The summed E-state index contributed by atoms with van der Waals surface area (Å²) in [6, 6.07) is 8.52. The van der Waals surface area contributed by atoms with Crippen LogP contribution < -0.4 is 4.74 Å². The number of hydrogen-bond donors (Lipinski definition) is 0. The van der Waals surface area contributed by atoms with Crippen LogP contribution in [0.3, 0.4) is 0 Å². The third-order valence-corrected chi connectivity index (χ3v) is 4.89. The second-order valence-corrected chi connectivity index (χ2v) is 7.10. The third kappa shape index (κ3) is 4.43. The van der Waals surface area contributed by atoms with Gasteiger partial charge in [-0.3, -0.25) is 4.79 Å². The van der Waals surface area contributed by atoms with Crippen molar-refractivity contribution in [2.24, 2.45) is 0 Å². The van der Waals surface area contributed by atoms with Crippen LogP contribution in [0.25, 0.3) is 5.69 Å². The molecule has 6 heteroatoms. The predicted octanol–water partition coefficient (Wildman–Crippen LogP) is 2.83. The molecule has 140 valence electrons. The molecule has 1 atom stereocenters. The molecule has 1 aliphatic heterocycles. The zero-order valence-corrected chi connectivity index (χ0v) is 15.9. The standard InChI is InChI=1S/C20H28N4O2/c1-16-6-4-11-23(16)12-5-13-26-19-9-7-18(8-10-19)24-15-17(14-21-24)20(25)22(2)3/h7-10,14-16H,4-6,11-13H2,1-3H3. The first kappa shape index (κ1) is 18.5. The summed E-state index contributed by atoms with van der Waals surface area (Å²) in [5.74, 6) is 0.809. The highest BCUT2D eigenvalue weighted by Gasteiger charge is 2.19. The maximum absolute atomic E-state index is 12.0. The summed E-state index contributed by atoms with van der Waals surface area (Å²) in [6.07, 6.45) is 7.01. The second kappa shape index (κ2) is 8.36. The number of nitrogens with zero attached hydrogens (tertiary/aromatic N) is 4. The summed E-state index contributed by atoms with van der Waals surface area (Å²) in [5, 5.41) is 4.27. The van der Waals surface area contributed by atoms with E-state index in [1.165, 1.54) is 19.4 Å². The number of rotatable bonds is 7. The average Bonchev–Trinajstić information content (AvgIpc) is 3.28. The Morgan fingerprint density at radius 1 is 1.31 bits per heavy atom. The van der Waals surface area contributed by atoms with Crippen molar-refractivity contribution < 1.29 is 9.53 Å². The van der Waals surface area contributed by atoms with Gasteiger partial charge in [0.05, 0.1) is 24.1 Å². The molecule has 1 fully saturated rings. The largest absolute Gasteiger partial charge is 0.494 e. The summed E-state index contributed by atoms with van der Waals surface area (Å²) in [4.78, 5) is 16.0. The van der Waals surface area contributed by atoms with Gasteiger partial charge in [0, 0.05) is 32.9 Å². The summed E-state index contributed by atoms with van der Waals surface area (Å²) < 4.78 is 7.55. The highest BCUT2D eigenvalue weighted by molar-refractivity contribution is 5.93. The number of carbonyl (C=O) groups is 1. The van der Waals surface area contributed by atoms with Crippen LogP contribution in [0.2, 0.25) is 0 Å². The first-order valence-electron chi connectivity index (χ1n) is 9.28. The lowest BCUT2D eigenvalue weighted by atomic mass is 10.2. The van der Waals surface area contributed by atoms with Gasteiger partial charge < -0.3 is 14.5 Å². The van der Waals surface area contributed by atoms with Gasteiger partial charge in [-0.05, 0) is 57.0 Å². The number of benzene rings is 1. The monoisotopic (exact) mass is 356 g/mol. The van der Waals surface area contributed by atoms with Crippen molar-refractivity contribution in [1.29, 1.82) is 0 Å². The minimum absolute atomic E-state index is 0.0523. The first-order chi connectivity index (χ1) is 12.5. The molecule has 0 saturated carbocycles. The highest BCUT2D eigenvalue weighted by Crippen LogP contribution is 2.18. The Balaban J connectivity index is 1.50. The molecule has 1 unspecified atom stereocenters. The molecule has 3 rings (SSSR count). The van der Waals surface area contributed by atoms with Gasteiger partial charge in [-0.1, -0.05) is 0 Å². The molecule has 1 amide bonds. The molecule has 1 aliphatic rings. The van der Waals surface area contributed by atoms with Crippen molar-refractivity contribution >= 4 is 5.91 Å². The number of carbonyl (C=O) groups excluding carboxylic acids is 1. The van der Waals surface area contributed by atoms with Crippen LogP contribution in [0.1, 0.15) is 36.5 Å². The zero-order valence-electron chi connectivity index (χ0n) is 15.9. The van der Waals surface area contributed by atoms with Crippen LogP contribution in [0.15, 0.2) is 36.7 Å². The minimum Gasteiger partial charge on any atom is -0.494 e. The Kier molecular flexibility index (Phi) is 5.93. The zero-order chi connectivity index (χ0) is 18.5. The number of ether oxygens (including phenoxy) is 1. The van der Waals surface area contributed by atoms with Gasteiger partial charge in [-0.25, -0.2) is 4.68 Å². The molecule has 0 aliphatic carbocycles. The third-order valence-electron chi connectivity index (χ3n) is 4.89. The molecular formula is C20H28N4O2. The SMILES string of the molecule is CC1CCCN1CCCOc1ccc(-n2cc(C(=O)N(C)C)cn2)cc1. The quantitative estimate of drug-likeness (QED) is 0.716. The summed E-state index contributed by atoms with van der Waals surface area (Å²) in [5.41, 5.74) is 1.48. The molecule has 0 radical (unpaired) electrons. The molecule has 6 nitrogen and oxygen atoms in total. The number of hydrogen-bond acceptors (Lipinski definition) is 4. The smallest absolute Gasteiger partial charge is 0.256 e. The lowest BCUT2D eigenvalue weighted by Crippen LogP contribution is -2.28. The molecule has 0 N–H and O–H groups in total. The van der Waals surface area contributed by atoms with Crippen molar-refractivity contribution in [3.05, 3.63) is 42.2 Å². The van der Waals surface area contributed by atoms with E-state index in [1.807, 2.05) is 24.3 Å². The van der Waals surface area contributed by atoms with Crippen LogP contribution in [0, 0.1) is 0 Å². The molecule has 1 aromatic carbocycles. The van der Waals surface area contributed by atoms with E-state index in [0.717, 1.165) is 31.0 Å². The normalized spacial score (nSPS) is 17.4. The van der Waals surface area contributed by atoms with Crippen LogP contribution >= 0.6 is 0 Å². The fraction of sp³-hybridized carbons (Fsp3) is 0.500. The minimum atomic E-state index is -0.0523. The van der Waals surface area contributed by atoms with Crippen molar-refractivity contribution in [1.82, 2.24) is 19.6 Å². The number of aromatic nitrogens is 2. The Bertz CT molecular complexity index is 724. The molecule has 2 heterocycles. The van der Waals surface area contributed by atoms with Crippen molar-refractivity contribution in [3.63, 3.8) is 0 Å². The Morgan fingerprint density at radius 2 is 2.08 bits per heavy atom. The van der Waals surface area contributed by atoms with Gasteiger partial charge in [-0.15, -0.1) is 0 Å². The predicted molar refractivity (Wildman–Crippen MR) is 102 cm³/mol. The topological polar surface area (TPSA) is 50.6 Å². The maximum atomic E-state index is 12.0. The van der Waals surface area contributed by atoms with Crippen molar-refractivity contribution in [3.8, 4) is 11.4 Å². The summed E-state index contributed by atoms with van der Waals surface area (Å²) in [6.45, 7) is 5.36. The average molecular weight is 356 g/mol. The molecular weight excluding hydrogens is 328 g/mol. The van der Waals surface area contributed by atoms with Gasteiger partial charge in [-0.2, -0.15) is 5.10 Å². The van der Waals surface area contributed by atoms with E-state index in [1.54, 1.807) is 36.1 Å². The lowest BCUT2D eigenvalue weighted by molar-refractivity contribution is 0.0827.